The topological polar surface area (TPSA) is 60.1 Å². The molecule has 0 amide bonds. The standard InChI is InChI=1S/C18H15N5O/c1-22-9-14(13-5-12(24-2)3-4-16(13)22)15-6-17-18(21-15)20-8-11-7-19-10-23(11)17/h3-10,21H,1-2H3. The molecule has 5 rings (SSSR count). The van der Waals surface area contributed by atoms with E-state index in [0.717, 1.165) is 44.6 Å². The fraction of sp³-hybridized carbons (Fsp3) is 0.111. The summed E-state index contributed by atoms with van der Waals surface area (Å²) in [6, 6.07) is 8.24. The second kappa shape index (κ2) is 4.61. The van der Waals surface area contributed by atoms with Crippen molar-refractivity contribution in [1.82, 2.24) is 23.9 Å². The number of ether oxygens (including phenoxy) is 1. The summed E-state index contributed by atoms with van der Waals surface area (Å²) in [6.07, 6.45) is 7.56. The van der Waals surface area contributed by atoms with Gasteiger partial charge in [-0.1, -0.05) is 0 Å². The lowest BCUT2D eigenvalue weighted by molar-refractivity contribution is 0.415. The van der Waals surface area contributed by atoms with Crippen molar-refractivity contribution in [2.24, 2.45) is 7.05 Å². The van der Waals surface area contributed by atoms with Gasteiger partial charge in [0.15, 0.2) is 5.65 Å². The molecular formula is C18H15N5O. The minimum atomic E-state index is 0.843. The van der Waals surface area contributed by atoms with Crippen molar-refractivity contribution in [3.05, 3.63) is 49.2 Å². The number of benzene rings is 1. The maximum absolute atomic E-state index is 5.38. The Kier molecular flexibility index (Phi) is 2.53. The molecule has 1 aromatic carbocycles. The van der Waals surface area contributed by atoms with E-state index in [0.29, 0.717) is 0 Å². The van der Waals surface area contributed by atoms with Gasteiger partial charge in [0.1, 0.15) is 5.75 Å². The molecule has 0 fully saturated rings. The molecule has 6 nitrogen and oxygen atoms in total. The van der Waals surface area contributed by atoms with E-state index in [1.807, 2.05) is 36.2 Å². The fourth-order valence-corrected chi connectivity index (χ4v) is 3.31. The van der Waals surface area contributed by atoms with E-state index in [1.54, 1.807) is 7.11 Å². The zero-order valence-corrected chi connectivity index (χ0v) is 13.3. The van der Waals surface area contributed by atoms with Gasteiger partial charge < -0.3 is 14.3 Å². The maximum atomic E-state index is 5.38. The molecule has 0 spiro atoms. The van der Waals surface area contributed by atoms with Crippen LogP contribution in [0.5, 0.6) is 5.75 Å². The maximum Gasteiger partial charge on any atom is 0.154 e. The van der Waals surface area contributed by atoms with Gasteiger partial charge in [-0.2, -0.15) is 0 Å². The van der Waals surface area contributed by atoms with Crippen LogP contribution >= 0.6 is 0 Å². The summed E-state index contributed by atoms with van der Waals surface area (Å²) in [5.41, 5.74) is 6.14. The minimum absolute atomic E-state index is 0.843. The van der Waals surface area contributed by atoms with E-state index in [4.69, 9.17) is 4.74 Å². The summed E-state index contributed by atoms with van der Waals surface area (Å²) >= 11 is 0. The van der Waals surface area contributed by atoms with Crippen molar-refractivity contribution in [3.8, 4) is 17.0 Å². The van der Waals surface area contributed by atoms with E-state index >= 15 is 0 Å². The van der Waals surface area contributed by atoms with Gasteiger partial charge in [0.2, 0.25) is 0 Å². The van der Waals surface area contributed by atoms with Crippen LogP contribution in [0.4, 0.5) is 0 Å². The number of hydrogen-bond acceptors (Lipinski definition) is 3. The molecule has 0 saturated heterocycles. The first-order valence-corrected chi connectivity index (χ1v) is 7.68. The number of aryl methyl sites for hydroxylation is 1. The van der Waals surface area contributed by atoms with Crippen molar-refractivity contribution in [1.29, 1.82) is 0 Å². The Morgan fingerprint density at radius 2 is 2.04 bits per heavy atom. The van der Waals surface area contributed by atoms with Crippen LogP contribution in [-0.2, 0) is 7.05 Å². The average molecular weight is 317 g/mol. The Balaban J connectivity index is 1.81. The van der Waals surface area contributed by atoms with E-state index in [1.165, 1.54) is 0 Å². The van der Waals surface area contributed by atoms with E-state index in [-0.39, 0.29) is 0 Å². The molecule has 118 valence electrons. The normalized spacial score (nSPS) is 11.8. The molecule has 24 heavy (non-hydrogen) atoms. The minimum Gasteiger partial charge on any atom is -0.497 e. The molecule has 0 unspecified atom stereocenters. The molecule has 0 bridgehead atoms. The highest BCUT2D eigenvalue weighted by atomic mass is 16.5. The summed E-state index contributed by atoms with van der Waals surface area (Å²) in [4.78, 5) is 12.1. The summed E-state index contributed by atoms with van der Waals surface area (Å²) in [5.74, 6) is 0.848. The quantitative estimate of drug-likeness (QED) is 0.543. The first-order valence-electron chi connectivity index (χ1n) is 7.68. The van der Waals surface area contributed by atoms with Gasteiger partial charge in [0.05, 0.1) is 42.6 Å². The van der Waals surface area contributed by atoms with Crippen LogP contribution in [0.3, 0.4) is 0 Å². The number of hydrogen-bond donors (Lipinski definition) is 1. The third kappa shape index (κ3) is 1.70. The molecule has 0 aliphatic heterocycles. The zero-order chi connectivity index (χ0) is 16.3. The fourth-order valence-electron chi connectivity index (χ4n) is 3.31. The first kappa shape index (κ1) is 13.2. The summed E-state index contributed by atoms with van der Waals surface area (Å²) < 4.78 is 9.54. The molecule has 0 aliphatic rings. The summed E-state index contributed by atoms with van der Waals surface area (Å²) in [7, 11) is 3.74. The molecule has 5 aromatic rings. The van der Waals surface area contributed by atoms with Crippen molar-refractivity contribution < 1.29 is 4.74 Å². The lowest BCUT2D eigenvalue weighted by atomic mass is 10.1. The number of H-pyrrole nitrogens is 1. The van der Waals surface area contributed by atoms with Gasteiger partial charge in [-0.05, 0) is 24.3 Å². The highest BCUT2D eigenvalue weighted by Crippen LogP contribution is 2.33. The second-order valence-corrected chi connectivity index (χ2v) is 5.90. The highest BCUT2D eigenvalue weighted by Gasteiger charge is 2.13. The Morgan fingerprint density at radius 1 is 1.12 bits per heavy atom. The predicted molar refractivity (Wildman–Crippen MR) is 93.3 cm³/mol. The van der Waals surface area contributed by atoms with Crippen LogP contribution in [0.2, 0.25) is 0 Å². The number of imidazole rings is 1. The van der Waals surface area contributed by atoms with E-state index < -0.39 is 0 Å². The van der Waals surface area contributed by atoms with Crippen molar-refractivity contribution in [3.63, 3.8) is 0 Å². The Hall–Kier alpha value is -3.28. The molecule has 0 radical (unpaired) electrons. The monoisotopic (exact) mass is 317 g/mol. The van der Waals surface area contributed by atoms with Crippen LogP contribution in [0.15, 0.2) is 49.2 Å². The second-order valence-electron chi connectivity index (χ2n) is 5.90. The summed E-state index contributed by atoms with van der Waals surface area (Å²) in [6.45, 7) is 0. The van der Waals surface area contributed by atoms with Gasteiger partial charge in [0, 0.05) is 29.7 Å². The largest absolute Gasteiger partial charge is 0.497 e. The molecule has 1 N–H and O–H groups in total. The van der Waals surface area contributed by atoms with Crippen LogP contribution in [0.1, 0.15) is 0 Å². The Labute approximate surface area is 137 Å². The van der Waals surface area contributed by atoms with Crippen LogP contribution in [0, 0.1) is 0 Å². The first-order chi connectivity index (χ1) is 11.7. The molecule has 0 saturated carbocycles. The van der Waals surface area contributed by atoms with E-state index in [9.17, 15) is 0 Å². The highest BCUT2D eigenvalue weighted by molar-refractivity contribution is 5.98. The van der Waals surface area contributed by atoms with Gasteiger partial charge in [0.25, 0.3) is 0 Å². The van der Waals surface area contributed by atoms with Gasteiger partial charge in [-0.15, -0.1) is 0 Å². The molecule has 0 aliphatic carbocycles. The third-order valence-corrected chi connectivity index (χ3v) is 4.52. The number of nitrogens with zero attached hydrogens (tertiary/aromatic N) is 4. The summed E-state index contributed by atoms with van der Waals surface area (Å²) in [5, 5.41) is 1.14. The number of fused-ring (bicyclic) bond motifs is 4. The van der Waals surface area contributed by atoms with Gasteiger partial charge in [-0.25, -0.2) is 9.97 Å². The van der Waals surface area contributed by atoms with Crippen molar-refractivity contribution >= 4 is 27.6 Å². The lowest BCUT2D eigenvalue weighted by Crippen LogP contribution is -1.85. The number of aromatic nitrogens is 5. The lowest BCUT2D eigenvalue weighted by Gasteiger charge is -2.01. The molecule has 4 aromatic heterocycles. The number of rotatable bonds is 2. The van der Waals surface area contributed by atoms with Crippen LogP contribution in [0.25, 0.3) is 38.8 Å². The molecular weight excluding hydrogens is 302 g/mol. The number of methoxy groups -OCH3 is 1. The van der Waals surface area contributed by atoms with Crippen LogP contribution < -0.4 is 4.74 Å². The smallest absolute Gasteiger partial charge is 0.154 e. The van der Waals surface area contributed by atoms with Crippen LogP contribution in [-0.4, -0.2) is 31.0 Å². The molecule has 6 heteroatoms. The zero-order valence-electron chi connectivity index (χ0n) is 13.3. The predicted octanol–water partition coefficient (Wildman–Crippen LogP) is 3.38. The Morgan fingerprint density at radius 3 is 2.92 bits per heavy atom. The average Bonchev–Trinajstić information content (AvgIpc) is 3.30. The third-order valence-electron chi connectivity index (χ3n) is 4.52. The molecule has 4 heterocycles. The van der Waals surface area contributed by atoms with Gasteiger partial charge in [-0.3, -0.25) is 4.40 Å². The Bertz CT molecular complexity index is 1210. The molecule has 0 atom stereocenters. The van der Waals surface area contributed by atoms with E-state index in [2.05, 4.69) is 43.9 Å². The SMILES string of the molecule is COc1ccc2c(c1)c(-c1cc3c(ncc4cncn43)[nH]1)cn2C. The van der Waals surface area contributed by atoms with Crippen molar-refractivity contribution in [2.45, 2.75) is 0 Å². The van der Waals surface area contributed by atoms with Gasteiger partial charge >= 0.3 is 0 Å². The number of aromatic amines is 1. The number of nitrogens with one attached hydrogen (secondary N) is 1. The van der Waals surface area contributed by atoms with Crippen molar-refractivity contribution in [2.75, 3.05) is 7.11 Å².